The lowest BCUT2D eigenvalue weighted by molar-refractivity contribution is 0.0868. The van der Waals surface area contributed by atoms with E-state index in [1.165, 1.54) is 12.8 Å². The number of benzene rings is 1. The summed E-state index contributed by atoms with van der Waals surface area (Å²) in [7, 11) is 0. The van der Waals surface area contributed by atoms with Gasteiger partial charge in [0.2, 0.25) is 5.78 Å². The summed E-state index contributed by atoms with van der Waals surface area (Å²) < 4.78 is 11.8. The fourth-order valence-corrected chi connectivity index (χ4v) is 3.26. The molecule has 3 heterocycles. The van der Waals surface area contributed by atoms with E-state index in [4.69, 9.17) is 9.47 Å². The van der Waals surface area contributed by atoms with E-state index in [2.05, 4.69) is 9.88 Å². The van der Waals surface area contributed by atoms with Gasteiger partial charge in [0.15, 0.2) is 5.76 Å². The number of hydrogen-bond donors (Lipinski definition) is 0. The van der Waals surface area contributed by atoms with Crippen molar-refractivity contribution < 1.29 is 14.3 Å². The molecule has 1 saturated carbocycles. The molecule has 1 aliphatic carbocycles. The Morgan fingerprint density at radius 1 is 1.25 bits per heavy atom. The molecule has 120 valence electrons. The van der Waals surface area contributed by atoms with Gasteiger partial charge in [-0.2, -0.15) is 0 Å². The van der Waals surface area contributed by atoms with Crippen molar-refractivity contribution in [2.75, 3.05) is 6.73 Å². The zero-order valence-corrected chi connectivity index (χ0v) is 13.1. The Hall–Kier alpha value is -2.66. The van der Waals surface area contributed by atoms with Gasteiger partial charge in [0.25, 0.3) is 0 Å². The van der Waals surface area contributed by atoms with Crippen LogP contribution in [0.5, 0.6) is 11.5 Å². The quantitative estimate of drug-likeness (QED) is 0.796. The average molecular weight is 320 g/mol. The molecule has 0 amide bonds. The number of carbonyl (C=O) groups is 1. The van der Waals surface area contributed by atoms with Gasteiger partial charge < -0.3 is 9.47 Å². The molecule has 0 saturated heterocycles. The van der Waals surface area contributed by atoms with E-state index in [1.54, 1.807) is 24.5 Å². The highest BCUT2D eigenvalue weighted by molar-refractivity contribution is 6.15. The van der Waals surface area contributed by atoms with Crippen LogP contribution in [0.15, 0.2) is 42.4 Å². The Kier molecular flexibility index (Phi) is 2.97. The van der Waals surface area contributed by atoms with Crippen molar-refractivity contribution in [2.24, 2.45) is 0 Å². The molecule has 3 aliphatic rings. The number of hydrogen-bond acceptors (Lipinski definition) is 5. The molecule has 5 nitrogen and oxygen atoms in total. The fourth-order valence-electron chi connectivity index (χ4n) is 3.26. The minimum atomic E-state index is -0.0831. The molecule has 0 N–H and O–H groups in total. The van der Waals surface area contributed by atoms with Crippen LogP contribution in [-0.4, -0.2) is 28.4 Å². The minimum Gasteiger partial charge on any atom is -0.478 e. The smallest absolute Gasteiger partial charge is 0.231 e. The van der Waals surface area contributed by atoms with Crippen molar-refractivity contribution in [3.63, 3.8) is 0 Å². The summed E-state index contributed by atoms with van der Waals surface area (Å²) in [5.74, 6) is 1.73. The van der Waals surface area contributed by atoms with Crippen LogP contribution in [0.2, 0.25) is 0 Å². The zero-order valence-electron chi connectivity index (χ0n) is 13.1. The first-order valence-corrected chi connectivity index (χ1v) is 8.16. The molecule has 0 unspecified atom stereocenters. The summed E-state index contributed by atoms with van der Waals surface area (Å²) in [5, 5.41) is 0. The van der Waals surface area contributed by atoms with Gasteiger partial charge in [0.1, 0.15) is 18.2 Å². The molecule has 0 bridgehead atoms. The minimum absolute atomic E-state index is 0.0831. The van der Waals surface area contributed by atoms with Gasteiger partial charge in [-0.1, -0.05) is 6.07 Å². The topological polar surface area (TPSA) is 51.7 Å². The number of fused-ring (bicyclic) bond motifs is 3. The van der Waals surface area contributed by atoms with Crippen LogP contribution >= 0.6 is 0 Å². The highest BCUT2D eigenvalue weighted by atomic mass is 16.5. The second-order valence-electron chi connectivity index (χ2n) is 6.40. The van der Waals surface area contributed by atoms with Crippen molar-refractivity contribution in [3.05, 3.63) is 59.1 Å². The third-order valence-electron chi connectivity index (χ3n) is 4.69. The number of Topliss-reactive ketones (excluding diaryl/α,β-unsaturated/α-hetero) is 1. The van der Waals surface area contributed by atoms with Gasteiger partial charge in [0, 0.05) is 25.0 Å². The molecule has 2 aromatic rings. The predicted octanol–water partition coefficient (Wildman–Crippen LogP) is 3.01. The van der Waals surface area contributed by atoms with Gasteiger partial charge in [0.05, 0.1) is 11.1 Å². The summed E-state index contributed by atoms with van der Waals surface area (Å²) in [5.41, 5.74) is 2.44. The molecule has 0 spiro atoms. The Morgan fingerprint density at radius 3 is 2.96 bits per heavy atom. The monoisotopic (exact) mass is 320 g/mol. The van der Waals surface area contributed by atoms with Crippen molar-refractivity contribution in [3.8, 4) is 11.5 Å². The summed E-state index contributed by atoms with van der Waals surface area (Å²) in [6, 6.07) is 8.02. The normalized spacial score (nSPS) is 21.2. The van der Waals surface area contributed by atoms with Crippen LogP contribution in [0.25, 0.3) is 6.08 Å². The van der Waals surface area contributed by atoms with Crippen molar-refractivity contribution in [1.29, 1.82) is 0 Å². The summed E-state index contributed by atoms with van der Waals surface area (Å²) in [4.78, 5) is 19.0. The largest absolute Gasteiger partial charge is 0.478 e. The lowest BCUT2D eigenvalue weighted by Gasteiger charge is -2.29. The van der Waals surface area contributed by atoms with E-state index >= 15 is 0 Å². The Bertz CT molecular complexity index is 856. The van der Waals surface area contributed by atoms with Crippen molar-refractivity contribution >= 4 is 11.9 Å². The van der Waals surface area contributed by atoms with E-state index < -0.39 is 0 Å². The molecule has 5 heteroatoms. The standard InChI is InChI=1S/C19H16N2O3/c22-18-14-5-6-16-15(10-21(11-23-16)13-3-4-13)19(14)24-17(18)8-12-2-1-7-20-9-12/h1-2,5-9,13H,3-4,10-11H2/b17-8-. The van der Waals surface area contributed by atoms with E-state index in [1.807, 2.05) is 18.2 Å². The van der Waals surface area contributed by atoms with Crippen LogP contribution in [-0.2, 0) is 6.54 Å². The van der Waals surface area contributed by atoms with Crippen LogP contribution in [0.4, 0.5) is 0 Å². The third-order valence-corrected chi connectivity index (χ3v) is 4.69. The molecule has 0 radical (unpaired) electrons. The lowest BCUT2D eigenvalue weighted by atomic mass is 10.0. The van der Waals surface area contributed by atoms with Crippen LogP contribution in [0, 0.1) is 0 Å². The number of pyridine rings is 1. The maximum atomic E-state index is 12.6. The molecular weight excluding hydrogens is 304 g/mol. The van der Waals surface area contributed by atoms with Gasteiger partial charge in [-0.15, -0.1) is 0 Å². The van der Waals surface area contributed by atoms with E-state index in [9.17, 15) is 4.79 Å². The molecule has 1 aromatic carbocycles. The highest BCUT2D eigenvalue weighted by Crippen LogP contribution is 2.43. The molecule has 0 atom stereocenters. The molecule has 24 heavy (non-hydrogen) atoms. The first-order valence-electron chi connectivity index (χ1n) is 8.16. The second kappa shape index (κ2) is 5.18. The second-order valence-corrected chi connectivity index (χ2v) is 6.40. The zero-order chi connectivity index (χ0) is 16.1. The maximum absolute atomic E-state index is 12.6. The number of allylic oxidation sites excluding steroid dienone is 1. The summed E-state index contributed by atoms with van der Waals surface area (Å²) in [6.07, 6.45) is 7.59. The number of ketones is 1. The molecule has 2 aliphatic heterocycles. The Labute approximate surface area is 139 Å². The fraction of sp³-hybridized carbons (Fsp3) is 0.263. The first-order chi connectivity index (χ1) is 11.8. The third kappa shape index (κ3) is 2.20. The van der Waals surface area contributed by atoms with Crippen LogP contribution in [0.3, 0.4) is 0 Å². The highest BCUT2D eigenvalue weighted by Gasteiger charge is 2.37. The molecular formula is C19H16N2O3. The Morgan fingerprint density at radius 2 is 2.17 bits per heavy atom. The first kappa shape index (κ1) is 13.7. The van der Waals surface area contributed by atoms with E-state index in [-0.39, 0.29) is 5.78 Å². The van der Waals surface area contributed by atoms with Crippen molar-refractivity contribution in [1.82, 2.24) is 9.88 Å². The number of rotatable bonds is 2. The number of carbonyl (C=O) groups excluding carboxylic acids is 1. The van der Waals surface area contributed by atoms with E-state index in [0.29, 0.717) is 29.8 Å². The number of aromatic nitrogens is 1. The lowest BCUT2D eigenvalue weighted by Crippen LogP contribution is -2.33. The summed E-state index contributed by atoms with van der Waals surface area (Å²) >= 11 is 0. The summed E-state index contributed by atoms with van der Waals surface area (Å²) in [6.45, 7) is 1.39. The molecule has 5 rings (SSSR count). The maximum Gasteiger partial charge on any atom is 0.231 e. The molecule has 1 aromatic heterocycles. The van der Waals surface area contributed by atoms with Gasteiger partial charge in [-0.05, 0) is 42.7 Å². The van der Waals surface area contributed by atoms with Crippen LogP contribution in [0.1, 0.15) is 34.3 Å². The van der Waals surface area contributed by atoms with E-state index in [0.717, 1.165) is 23.4 Å². The van der Waals surface area contributed by atoms with Crippen LogP contribution < -0.4 is 9.47 Å². The number of nitrogens with zero attached hydrogens (tertiary/aromatic N) is 2. The predicted molar refractivity (Wildman–Crippen MR) is 87.7 cm³/mol. The molecule has 1 fully saturated rings. The SMILES string of the molecule is O=C1/C(=C/c2cccnc2)Oc2c1ccc1c2CN(C2CC2)CO1. The van der Waals surface area contributed by atoms with Crippen molar-refractivity contribution in [2.45, 2.75) is 25.4 Å². The van der Waals surface area contributed by atoms with Gasteiger partial charge in [-0.25, -0.2) is 0 Å². The van der Waals surface area contributed by atoms with Gasteiger partial charge in [-0.3, -0.25) is 14.7 Å². The van der Waals surface area contributed by atoms with Gasteiger partial charge >= 0.3 is 0 Å². The average Bonchev–Trinajstić information content (AvgIpc) is 3.42. The number of ether oxygens (including phenoxy) is 2. The Balaban J connectivity index is 1.52.